The Kier molecular flexibility index (Phi) is 2.94. The van der Waals surface area contributed by atoms with E-state index in [1.165, 1.54) is 0 Å². The standard InChI is InChI=1S/C7H5BrFNO3/c8-6-2-5(9)1-4(3-11)7(6)10(12)13/h1-2,11H,3H2. The summed E-state index contributed by atoms with van der Waals surface area (Å²) in [6.07, 6.45) is 0. The molecule has 0 aromatic heterocycles. The van der Waals surface area contributed by atoms with E-state index in [9.17, 15) is 14.5 Å². The van der Waals surface area contributed by atoms with Crippen LogP contribution >= 0.6 is 15.9 Å². The third kappa shape index (κ3) is 2.02. The van der Waals surface area contributed by atoms with E-state index in [0.717, 1.165) is 12.1 Å². The van der Waals surface area contributed by atoms with Crippen LogP contribution in [0.5, 0.6) is 0 Å². The quantitative estimate of drug-likeness (QED) is 0.644. The number of benzene rings is 1. The highest BCUT2D eigenvalue weighted by Gasteiger charge is 2.18. The Morgan fingerprint density at radius 1 is 1.62 bits per heavy atom. The molecular weight excluding hydrogens is 245 g/mol. The van der Waals surface area contributed by atoms with E-state index in [2.05, 4.69) is 15.9 Å². The third-order valence-corrected chi connectivity index (χ3v) is 2.06. The van der Waals surface area contributed by atoms with E-state index in [0.29, 0.717) is 0 Å². The van der Waals surface area contributed by atoms with Gasteiger partial charge in [0.15, 0.2) is 0 Å². The number of nitrogens with zero attached hydrogens (tertiary/aromatic N) is 1. The van der Waals surface area contributed by atoms with Gasteiger partial charge in [-0.2, -0.15) is 0 Å². The number of halogens is 2. The zero-order valence-electron chi connectivity index (χ0n) is 6.33. The number of hydrogen-bond donors (Lipinski definition) is 1. The molecule has 70 valence electrons. The molecule has 0 aliphatic heterocycles. The molecule has 0 aliphatic rings. The lowest BCUT2D eigenvalue weighted by atomic mass is 10.2. The van der Waals surface area contributed by atoms with Crippen molar-refractivity contribution in [2.24, 2.45) is 0 Å². The molecule has 0 saturated carbocycles. The van der Waals surface area contributed by atoms with Crippen LogP contribution in [0.25, 0.3) is 0 Å². The molecule has 1 N–H and O–H groups in total. The van der Waals surface area contributed by atoms with Gasteiger partial charge in [-0.15, -0.1) is 0 Å². The summed E-state index contributed by atoms with van der Waals surface area (Å²) in [5, 5.41) is 19.2. The predicted octanol–water partition coefficient (Wildman–Crippen LogP) is 1.99. The summed E-state index contributed by atoms with van der Waals surface area (Å²) in [5.74, 6) is -0.624. The summed E-state index contributed by atoms with van der Waals surface area (Å²) >= 11 is 2.85. The first-order valence-corrected chi connectivity index (χ1v) is 4.08. The number of hydrogen-bond acceptors (Lipinski definition) is 3. The van der Waals surface area contributed by atoms with Crippen molar-refractivity contribution in [1.29, 1.82) is 0 Å². The molecule has 0 saturated heterocycles. The molecular formula is C7H5BrFNO3. The lowest BCUT2D eigenvalue weighted by Gasteiger charge is -2.01. The topological polar surface area (TPSA) is 63.4 Å². The van der Waals surface area contributed by atoms with E-state index in [1.807, 2.05) is 0 Å². The second kappa shape index (κ2) is 3.80. The van der Waals surface area contributed by atoms with Gasteiger partial charge in [-0.3, -0.25) is 10.1 Å². The first-order chi connectivity index (χ1) is 6.06. The third-order valence-electron chi connectivity index (χ3n) is 1.46. The van der Waals surface area contributed by atoms with Crippen molar-refractivity contribution in [2.45, 2.75) is 6.61 Å². The highest BCUT2D eigenvalue weighted by molar-refractivity contribution is 9.10. The van der Waals surface area contributed by atoms with Gasteiger partial charge in [-0.1, -0.05) is 0 Å². The summed E-state index contributed by atoms with van der Waals surface area (Å²) < 4.78 is 12.7. The molecule has 0 radical (unpaired) electrons. The molecule has 1 aromatic carbocycles. The molecule has 0 spiro atoms. The monoisotopic (exact) mass is 249 g/mol. The normalized spacial score (nSPS) is 10.1. The van der Waals surface area contributed by atoms with E-state index >= 15 is 0 Å². The maximum absolute atomic E-state index is 12.7. The van der Waals surface area contributed by atoms with Gasteiger partial charge in [-0.05, 0) is 28.1 Å². The number of nitro benzene ring substituents is 1. The largest absolute Gasteiger partial charge is 0.391 e. The van der Waals surface area contributed by atoms with Gasteiger partial charge in [0.1, 0.15) is 5.82 Å². The molecule has 0 heterocycles. The van der Waals surface area contributed by atoms with Crippen LogP contribution in [-0.2, 0) is 6.61 Å². The lowest BCUT2D eigenvalue weighted by molar-refractivity contribution is -0.386. The molecule has 0 aliphatic carbocycles. The Morgan fingerprint density at radius 2 is 2.23 bits per heavy atom. The Labute approximate surface area is 81.3 Å². The average Bonchev–Trinajstić information content (AvgIpc) is 2.01. The fourth-order valence-electron chi connectivity index (χ4n) is 0.944. The maximum Gasteiger partial charge on any atom is 0.289 e. The molecule has 13 heavy (non-hydrogen) atoms. The number of nitro groups is 1. The first kappa shape index (κ1) is 10.1. The highest BCUT2D eigenvalue weighted by Crippen LogP contribution is 2.29. The number of aliphatic hydroxyl groups excluding tert-OH is 1. The van der Waals surface area contributed by atoms with Gasteiger partial charge in [-0.25, -0.2) is 4.39 Å². The molecule has 0 unspecified atom stereocenters. The van der Waals surface area contributed by atoms with Crippen molar-refractivity contribution >= 4 is 21.6 Å². The van der Waals surface area contributed by atoms with Gasteiger partial charge in [0.05, 0.1) is 21.6 Å². The number of rotatable bonds is 2. The van der Waals surface area contributed by atoms with E-state index < -0.39 is 17.3 Å². The summed E-state index contributed by atoms with van der Waals surface area (Å²) in [6, 6.07) is 1.92. The van der Waals surface area contributed by atoms with Crippen molar-refractivity contribution in [2.75, 3.05) is 0 Å². The average molecular weight is 250 g/mol. The second-order valence-corrected chi connectivity index (χ2v) is 3.16. The molecule has 0 fully saturated rings. The molecule has 1 rings (SSSR count). The van der Waals surface area contributed by atoms with Crippen molar-refractivity contribution in [1.82, 2.24) is 0 Å². The van der Waals surface area contributed by atoms with Gasteiger partial charge >= 0.3 is 0 Å². The Balaban J connectivity index is 3.38. The van der Waals surface area contributed by atoms with Gasteiger partial charge in [0.25, 0.3) is 5.69 Å². The maximum atomic E-state index is 12.7. The smallest absolute Gasteiger partial charge is 0.289 e. The van der Waals surface area contributed by atoms with Crippen LogP contribution in [-0.4, -0.2) is 10.0 Å². The minimum atomic E-state index is -0.672. The van der Waals surface area contributed by atoms with Gasteiger partial charge in [0, 0.05) is 0 Å². The number of aliphatic hydroxyl groups is 1. The predicted molar refractivity (Wildman–Crippen MR) is 46.7 cm³/mol. The van der Waals surface area contributed by atoms with Crippen LogP contribution in [0.4, 0.5) is 10.1 Å². The van der Waals surface area contributed by atoms with Gasteiger partial charge < -0.3 is 5.11 Å². The van der Waals surface area contributed by atoms with Crippen LogP contribution in [0.3, 0.4) is 0 Å². The molecule has 0 atom stereocenters. The minimum Gasteiger partial charge on any atom is -0.391 e. The highest BCUT2D eigenvalue weighted by atomic mass is 79.9. The van der Waals surface area contributed by atoms with E-state index in [4.69, 9.17) is 5.11 Å². The Bertz CT molecular complexity index is 356. The van der Waals surface area contributed by atoms with Crippen LogP contribution in [0, 0.1) is 15.9 Å². The SMILES string of the molecule is O=[N+]([O-])c1c(Br)cc(F)cc1CO. The zero-order valence-corrected chi connectivity index (χ0v) is 7.91. The minimum absolute atomic E-state index is 0.0292. The summed E-state index contributed by atoms with van der Waals surface area (Å²) in [4.78, 5) is 9.78. The zero-order chi connectivity index (χ0) is 10.0. The van der Waals surface area contributed by atoms with E-state index in [-0.39, 0.29) is 15.7 Å². The molecule has 6 heteroatoms. The fourth-order valence-corrected chi connectivity index (χ4v) is 1.56. The second-order valence-electron chi connectivity index (χ2n) is 2.31. The summed E-state index contributed by atoms with van der Waals surface area (Å²) in [5.41, 5.74) is -0.347. The summed E-state index contributed by atoms with van der Waals surface area (Å²) in [7, 11) is 0. The van der Waals surface area contributed by atoms with Crippen molar-refractivity contribution in [3.8, 4) is 0 Å². The molecule has 0 bridgehead atoms. The molecule has 1 aromatic rings. The Morgan fingerprint density at radius 3 is 2.69 bits per heavy atom. The van der Waals surface area contributed by atoms with Crippen LogP contribution < -0.4 is 0 Å². The van der Waals surface area contributed by atoms with Crippen LogP contribution in [0.1, 0.15) is 5.56 Å². The van der Waals surface area contributed by atoms with Crippen LogP contribution in [0.2, 0.25) is 0 Å². The van der Waals surface area contributed by atoms with Gasteiger partial charge in [0.2, 0.25) is 0 Å². The Hall–Kier alpha value is -1.01. The van der Waals surface area contributed by atoms with E-state index in [1.54, 1.807) is 0 Å². The molecule has 0 amide bonds. The summed E-state index contributed by atoms with van der Waals surface area (Å²) in [6.45, 7) is -0.563. The van der Waals surface area contributed by atoms with Crippen molar-refractivity contribution in [3.05, 3.63) is 38.1 Å². The van der Waals surface area contributed by atoms with Crippen molar-refractivity contribution < 1.29 is 14.4 Å². The van der Waals surface area contributed by atoms with Crippen LogP contribution in [0.15, 0.2) is 16.6 Å². The van der Waals surface area contributed by atoms with Crippen molar-refractivity contribution in [3.63, 3.8) is 0 Å². The first-order valence-electron chi connectivity index (χ1n) is 3.29. The fraction of sp³-hybridized carbons (Fsp3) is 0.143. The molecule has 4 nitrogen and oxygen atoms in total. The lowest BCUT2D eigenvalue weighted by Crippen LogP contribution is -1.97.